The maximum atomic E-state index is 12.0. The number of rotatable bonds is 3. The highest BCUT2D eigenvalue weighted by molar-refractivity contribution is 5.92. The Morgan fingerprint density at radius 3 is 2.67 bits per heavy atom. The van der Waals surface area contributed by atoms with E-state index in [4.69, 9.17) is 0 Å². The summed E-state index contributed by atoms with van der Waals surface area (Å²) in [5, 5.41) is 0. The number of H-pyrrole nitrogens is 2. The van der Waals surface area contributed by atoms with Gasteiger partial charge >= 0.3 is 5.69 Å². The molecule has 1 aliphatic carbocycles. The molecule has 18 heavy (non-hydrogen) atoms. The van der Waals surface area contributed by atoms with Gasteiger partial charge in [-0.1, -0.05) is 6.07 Å². The summed E-state index contributed by atoms with van der Waals surface area (Å²) in [6, 6.07) is 5.60. The molecule has 0 saturated heterocycles. The van der Waals surface area contributed by atoms with Crippen LogP contribution in [0.3, 0.4) is 0 Å². The molecule has 0 atom stereocenters. The molecule has 2 aromatic rings. The van der Waals surface area contributed by atoms with Crippen molar-refractivity contribution in [2.24, 2.45) is 0 Å². The zero-order chi connectivity index (χ0) is 12.8. The van der Waals surface area contributed by atoms with Gasteiger partial charge in [0, 0.05) is 7.05 Å². The molecule has 0 bridgehead atoms. The molecule has 0 unspecified atom stereocenters. The van der Waals surface area contributed by atoms with Crippen molar-refractivity contribution in [3.63, 3.8) is 0 Å². The Kier molecular flexibility index (Phi) is 2.27. The van der Waals surface area contributed by atoms with Crippen molar-refractivity contribution >= 4 is 16.9 Å². The topological polar surface area (TPSA) is 89.8 Å². The fourth-order valence-electron chi connectivity index (χ4n) is 2.34. The molecule has 0 spiro atoms. The number of carbonyl (C=O) groups is 1. The van der Waals surface area contributed by atoms with E-state index in [1.165, 1.54) is 0 Å². The lowest BCUT2D eigenvalue weighted by molar-refractivity contribution is -0.124. The number of fused-ring (bicyclic) bond motifs is 1. The molecule has 1 amide bonds. The summed E-state index contributed by atoms with van der Waals surface area (Å²) in [5.41, 5.74) is 7.06. The molecular formula is C12H14N4O2. The van der Waals surface area contributed by atoms with E-state index in [-0.39, 0.29) is 11.6 Å². The number of benzene rings is 1. The molecule has 1 saturated carbocycles. The fourth-order valence-corrected chi connectivity index (χ4v) is 2.34. The van der Waals surface area contributed by atoms with Gasteiger partial charge in [0.1, 0.15) is 0 Å². The van der Waals surface area contributed by atoms with Crippen LogP contribution in [0.2, 0.25) is 0 Å². The molecular weight excluding hydrogens is 232 g/mol. The Hall–Kier alpha value is -2.08. The summed E-state index contributed by atoms with van der Waals surface area (Å²) < 4.78 is 0. The van der Waals surface area contributed by atoms with Crippen molar-refractivity contribution in [3.05, 3.63) is 34.2 Å². The summed E-state index contributed by atoms with van der Waals surface area (Å²) in [6.07, 6.45) is 1.67. The highest BCUT2D eigenvalue weighted by Crippen LogP contribution is 2.48. The minimum absolute atomic E-state index is 0.0257. The number of hydrazine groups is 1. The first kappa shape index (κ1) is 11.0. The van der Waals surface area contributed by atoms with E-state index in [9.17, 15) is 9.59 Å². The van der Waals surface area contributed by atoms with Gasteiger partial charge in [-0.05, 0) is 30.5 Å². The van der Waals surface area contributed by atoms with E-state index in [2.05, 4.69) is 20.8 Å². The second-order valence-electron chi connectivity index (χ2n) is 4.63. The van der Waals surface area contributed by atoms with Crippen LogP contribution in [0.15, 0.2) is 23.0 Å². The second-order valence-corrected chi connectivity index (χ2v) is 4.63. The monoisotopic (exact) mass is 246 g/mol. The van der Waals surface area contributed by atoms with E-state index in [1.807, 2.05) is 18.2 Å². The molecule has 0 aliphatic heterocycles. The molecule has 4 N–H and O–H groups in total. The molecule has 1 aromatic carbocycles. The first-order valence-corrected chi connectivity index (χ1v) is 5.85. The van der Waals surface area contributed by atoms with E-state index < -0.39 is 5.41 Å². The molecule has 1 aromatic heterocycles. The van der Waals surface area contributed by atoms with E-state index >= 15 is 0 Å². The van der Waals surface area contributed by atoms with Gasteiger partial charge in [-0.25, -0.2) is 10.2 Å². The van der Waals surface area contributed by atoms with Crippen LogP contribution in [-0.2, 0) is 10.2 Å². The van der Waals surface area contributed by atoms with Crippen LogP contribution in [0.1, 0.15) is 18.4 Å². The van der Waals surface area contributed by atoms with Crippen LogP contribution < -0.4 is 16.5 Å². The van der Waals surface area contributed by atoms with Gasteiger partial charge in [-0.2, -0.15) is 0 Å². The van der Waals surface area contributed by atoms with Crippen molar-refractivity contribution in [1.82, 2.24) is 20.8 Å². The van der Waals surface area contributed by atoms with Crippen molar-refractivity contribution in [3.8, 4) is 0 Å². The van der Waals surface area contributed by atoms with E-state index in [0.717, 1.165) is 29.4 Å². The van der Waals surface area contributed by atoms with Gasteiger partial charge in [0.05, 0.1) is 16.4 Å². The van der Waals surface area contributed by atoms with Crippen molar-refractivity contribution < 1.29 is 4.79 Å². The molecule has 1 heterocycles. The van der Waals surface area contributed by atoms with Gasteiger partial charge in [-0.3, -0.25) is 10.2 Å². The minimum atomic E-state index is -0.439. The predicted molar refractivity (Wildman–Crippen MR) is 67.0 cm³/mol. The largest absolute Gasteiger partial charge is 0.323 e. The molecule has 94 valence electrons. The SMILES string of the molecule is CNNC(=O)C1(c2ccc3[nH]c(=O)[nH]c3c2)CC1. The number of nitrogens with one attached hydrogen (secondary N) is 4. The summed E-state index contributed by atoms with van der Waals surface area (Å²) in [4.78, 5) is 28.6. The third-order valence-corrected chi connectivity index (χ3v) is 3.49. The summed E-state index contributed by atoms with van der Waals surface area (Å²) >= 11 is 0. The minimum Gasteiger partial charge on any atom is -0.306 e. The number of carbonyl (C=O) groups excluding carboxylic acids is 1. The van der Waals surface area contributed by atoms with Crippen LogP contribution >= 0.6 is 0 Å². The van der Waals surface area contributed by atoms with E-state index in [1.54, 1.807) is 7.05 Å². The number of aromatic amines is 2. The first-order valence-electron chi connectivity index (χ1n) is 5.85. The number of amides is 1. The van der Waals surface area contributed by atoms with Crippen molar-refractivity contribution in [2.75, 3.05) is 7.05 Å². The number of hydrogen-bond acceptors (Lipinski definition) is 3. The summed E-state index contributed by atoms with van der Waals surface area (Å²) in [5.74, 6) is -0.0257. The smallest absolute Gasteiger partial charge is 0.306 e. The third-order valence-electron chi connectivity index (χ3n) is 3.49. The Bertz CT molecular complexity index is 666. The Morgan fingerprint density at radius 1 is 1.28 bits per heavy atom. The van der Waals surface area contributed by atoms with Crippen LogP contribution in [-0.4, -0.2) is 22.9 Å². The van der Waals surface area contributed by atoms with Gasteiger partial charge in [-0.15, -0.1) is 0 Å². The normalized spacial score (nSPS) is 16.7. The fraction of sp³-hybridized carbons (Fsp3) is 0.333. The molecule has 6 heteroatoms. The Labute approximate surface area is 103 Å². The van der Waals surface area contributed by atoms with Crippen molar-refractivity contribution in [2.45, 2.75) is 18.3 Å². The average molecular weight is 246 g/mol. The lowest BCUT2D eigenvalue weighted by Crippen LogP contribution is -2.41. The van der Waals surface area contributed by atoms with Crippen LogP contribution in [0.4, 0.5) is 0 Å². The lowest BCUT2D eigenvalue weighted by Gasteiger charge is -2.15. The second kappa shape index (κ2) is 3.71. The highest BCUT2D eigenvalue weighted by Gasteiger charge is 2.51. The summed E-state index contributed by atoms with van der Waals surface area (Å²) in [6.45, 7) is 0. The van der Waals surface area contributed by atoms with Gasteiger partial charge in [0.15, 0.2) is 0 Å². The van der Waals surface area contributed by atoms with Crippen molar-refractivity contribution in [1.29, 1.82) is 0 Å². The zero-order valence-corrected chi connectivity index (χ0v) is 9.96. The average Bonchev–Trinajstić information content (AvgIpc) is 3.06. The van der Waals surface area contributed by atoms with E-state index in [0.29, 0.717) is 0 Å². The maximum absolute atomic E-state index is 12.0. The quantitative estimate of drug-likeness (QED) is 0.581. The lowest BCUT2D eigenvalue weighted by atomic mass is 9.95. The molecule has 6 nitrogen and oxygen atoms in total. The molecule has 3 rings (SSSR count). The van der Waals surface area contributed by atoms with Crippen LogP contribution in [0.25, 0.3) is 11.0 Å². The molecule has 1 fully saturated rings. The first-order chi connectivity index (χ1) is 8.65. The third kappa shape index (κ3) is 1.53. The van der Waals surface area contributed by atoms with Gasteiger partial charge < -0.3 is 9.97 Å². The van der Waals surface area contributed by atoms with Crippen LogP contribution in [0, 0.1) is 0 Å². The number of hydrogen-bond donors (Lipinski definition) is 4. The maximum Gasteiger partial charge on any atom is 0.323 e. The van der Waals surface area contributed by atoms with Gasteiger partial charge in [0.25, 0.3) is 0 Å². The Balaban J connectivity index is 2.04. The van der Waals surface area contributed by atoms with Crippen LogP contribution in [0.5, 0.6) is 0 Å². The highest BCUT2D eigenvalue weighted by atomic mass is 16.2. The number of imidazole rings is 1. The van der Waals surface area contributed by atoms with Gasteiger partial charge in [0.2, 0.25) is 5.91 Å². The standard InChI is InChI=1S/C12H14N4O2/c1-13-16-10(17)12(4-5-12)7-2-3-8-9(6-7)15-11(18)14-8/h2-3,6,13H,4-5H2,1H3,(H,16,17)(H2,14,15,18). The molecule has 1 aliphatic rings. The Morgan fingerprint density at radius 2 is 2.00 bits per heavy atom. The predicted octanol–water partition coefficient (Wildman–Crippen LogP) is 0.138. The zero-order valence-electron chi connectivity index (χ0n) is 9.96. The number of aromatic nitrogens is 2. The summed E-state index contributed by atoms with van der Waals surface area (Å²) in [7, 11) is 1.67. The molecule has 0 radical (unpaired) electrons.